The topological polar surface area (TPSA) is 33.3 Å². The van der Waals surface area contributed by atoms with Gasteiger partial charge >= 0.3 is 0 Å². The van der Waals surface area contributed by atoms with Crippen LogP contribution in [0.4, 0.5) is 0 Å². The van der Waals surface area contributed by atoms with Gasteiger partial charge in [0.15, 0.2) is 0 Å². The van der Waals surface area contributed by atoms with Crippen LogP contribution in [-0.4, -0.2) is 19.6 Å². The van der Waals surface area contributed by atoms with Crippen LogP contribution in [0.15, 0.2) is 46.9 Å². The zero-order valence-electron chi connectivity index (χ0n) is 12.8. The van der Waals surface area contributed by atoms with Crippen LogP contribution in [-0.2, 0) is 6.54 Å². The lowest BCUT2D eigenvalue weighted by molar-refractivity contribution is 0.463. The molecule has 1 unspecified atom stereocenters. The maximum absolute atomic E-state index is 6.06. The predicted molar refractivity (Wildman–Crippen MR) is 98.4 cm³/mol. The number of nitrogens with one attached hydrogen (secondary N) is 2. The molecule has 3 rings (SSSR count). The Morgan fingerprint density at radius 2 is 2.09 bits per heavy atom. The summed E-state index contributed by atoms with van der Waals surface area (Å²) in [6.45, 7) is 4.09. The van der Waals surface area contributed by atoms with Gasteiger partial charge in [-0.1, -0.05) is 29.8 Å². The van der Waals surface area contributed by atoms with E-state index in [9.17, 15) is 0 Å². The highest BCUT2D eigenvalue weighted by Gasteiger charge is 2.14. The van der Waals surface area contributed by atoms with E-state index < -0.39 is 0 Å². The van der Waals surface area contributed by atoms with Gasteiger partial charge in [0.05, 0.1) is 4.47 Å². The number of rotatable bonds is 6. The molecule has 2 aromatic rings. The van der Waals surface area contributed by atoms with Gasteiger partial charge in [-0.15, -0.1) is 0 Å². The molecule has 0 amide bonds. The average molecular weight is 396 g/mol. The van der Waals surface area contributed by atoms with Gasteiger partial charge in [0, 0.05) is 17.1 Å². The molecule has 1 aliphatic heterocycles. The van der Waals surface area contributed by atoms with Crippen LogP contribution in [0.2, 0.25) is 5.02 Å². The molecule has 1 atom stereocenters. The standard InChI is InChI=1S/C18H20BrClN2O/c19-16-9-15(20)5-6-18(16)23-17-4-2-1-3-14(17)12-22-11-13-7-8-21-10-13/h1-6,9,13,21-22H,7-8,10-12H2. The average Bonchev–Trinajstić information content (AvgIpc) is 3.05. The largest absolute Gasteiger partial charge is 0.456 e. The van der Waals surface area contributed by atoms with Crippen molar-refractivity contribution in [3.05, 3.63) is 57.5 Å². The van der Waals surface area contributed by atoms with Crippen molar-refractivity contribution in [2.45, 2.75) is 13.0 Å². The van der Waals surface area contributed by atoms with Crippen molar-refractivity contribution in [3.8, 4) is 11.5 Å². The Morgan fingerprint density at radius 1 is 1.22 bits per heavy atom. The lowest BCUT2D eigenvalue weighted by Gasteiger charge is -2.14. The van der Waals surface area contributed by atoms with Gasteiger partial charge in [-0.3, -0.25) is 0 Å². The Bertz CT molecular complexity index is 659. The van der Waals surface area contributed by atoms with E-state index in [1.54, 1.807) is 0 Å². The maximum Gasteiger partial charge on any atom is 0.141 e. The molecule has 23 heavy (non-hydrogen) atoms. The maximum atomic E-state index is 6.06. The molecule has 0 radical (unpaired) electrons. The predicted octanol–water partition coefficient (Wildman–Crippen LogP) is 4.59. The van der Waals surface area contributed by atoms with Gasteiger partial charge < -0.3 is 15.4 Å². The van der Waals surface area contributed by atoms with Crippen molar-refractivity contribution in [1.29, 1.82) is 0 Å². The number of halogens is 2. The van der Waals surface area contributed by atoms with Gasteiger partial charge in [0.1, 0.15) is 11.5 Å². The number of benzene rings is 2. The van der Waals surface area contributed by atoms with Gasteiger partial charge in [-0.25, -0.2) is 0 Å². The minimum absolute atomic E-state index is 0.685. The van der Waals surface area contributed by atoms with Gasteiger partial charge in [0.25, 0.3) is 0 Å². The molecule has 1 saturated heterocycles. The van der Waals surface area contributed by atoms with Crippen LogP contribution in [0.3, 0.4) is 0 Å². The molecule has 3 nitrogen and oxygen atoms in total. The third-order valence-electron chi connectivity index (χ3n) is 4.00. The zero-order chi connectivity index (χ0) is 16.1. The highest BCUT2D eigenvalue weighted by molar-refractivity contribution is 9.10. The van der Waals surface area contributed by atoms with E-state index in [4.69, 9.17) is 16.3 Å². The number of ether oxygens (including phenoxy) is 1. The summed E-state index contributed by atoms with van der Waals surface area (Å²) in [4.78, 5) is 0. The first-order valence-corrected chi connectivity index (χ1v) is 9.02. The number of hydrogen-bond donors (Lipinski definition) is 2. The third kappa shape index (κ3) is 4.70. The Morgan fingerprint density at radius 3 is 2.87 bits per heavy atom. The molecule has 2 aromatic carbocycles. The summed E-state index contributed by atoms with van der Waals surface area (Å²) in [7, 11) is 0. The lowest BCUT2D eigenvalue weighted by Crippen LogP contribution is -2.24. The first kappa shape index (κ1) is 16.8. The fraction of sp³-hybridized carbons (Fsp3) is 0.333. The van der Waals surface area contributed by atoms with E-state index >= 15 is 0 Å². The highest BCUT2D eigenvalue weighted by atomic mass is 79.9. The number of hydrogen-bond acceptors (Lipinski definition) is 3. The quantitative estimate of drug-likeness (QED) is 0.750. The Balaban J connectivity index is 1.65. The van der Waals surface area contributed by atoms with E-state index in [-0.39, 0.29) is 0 Å². The Hall–Kier alpha value is -1.07. The van der Waals surface area contributed by atoms with Gasteiger partial charge in [-0.05, 0) is 72.2 Å². The second kappa shape index (κ2) is 8.15. The molecular formula is C18H20BrClN2O. The van der Waals surface area contributed by atoms with E-state index in [0.717, 1.165) is 53.6 Å². The fourth-order valence-corrected chi connectivity index (χ4v) is 3.49. The van der Waals surface area contributed by atoms with Gasteiger partial charge in [0.2, 0.25) is 0 Å². The summed E-state index contributed by atoms with van der Waals surface area (Å²) < 4.78 is 6.91. The van der Waals surface area contributed by atoms with Crippen molar-refractivity contribution in [3.63, 3.8) is 0 Å². The lowest BCUT2D eigenvalue weighted by atomic mass is 10.1. The Kier molecular flexibility index (Phi) is 5.95. The van der Waals surface area contributed by atoms with Crippen molar-refractivity contribution >= 4 is 27.5 Å². The second-order valence-corrected chi connectivity index (χ2v) is 7.07. The molecule has 0 spiro atoms. The minimum atomic E-state index is 0.685. The van der Waals surface area contributed by atoms with Crippen LogP contribution in [0, 0.1) is 5.92 Å². The monoisotopic (exact) mass is 394 g/mol. The normalized spacial score (nSPS) is 17.4. The van der Waals surface area contributed by atoms with Crippen molar-refractivity contribution in [2.24, 2.45) is 5.92 Å². The summed E-state index contributed by atoms with van der Waals surface area (Å²) in [5.74, 6) is 2.36. The van der Waals surface area contributed by atoms with Gasteiger partial charge in [-0.2, -0.15) is 0 Å². The minimum Gasteiger partial charge on any atom is -0.456 e. The molecule has 2 N–H and O–H groups in total. The third-order valence-corrected chi connectivity index (χ3v) is 4.85. The van der Waals surface area contributed by atoms with Crippen molar-refractivity contribution in [1.82, 2.24) is 10.6 Å². The molecular weight excluding hydrogens is 376 g/mol. The van der Waals surface area contributed by atoms with Crippen LogP contribution in [0.25, 0.3) is 0 Å². The fourth-order valence-electron chi connectivity index (χ4n) is 2.73. The van der Waals surface area contributed by atoms with E-state index in [1.807, 2.05) is 36.4 Å². The Labute approximate surface area is 150 Å². The molecule has 0 aromatic heterocycles. The molecule has 122 valence electrons. The van der Waals surface area contributed by atoms with E-state index in [0.29, 0.717) is 5.02 Å². The highest BCUT2D eigenvalue weighted by Crippen LogP contribution is 2.33. The molecule has 0 bridgehead atoms. The summed E-state index contributed by atoms with van der Waals surface area (Å²) >= 11 is 9.48. The molecule has 0 saturated carbocycles. The second-order valence-electron chi connectivity index (χ2n) is 5.77. The first-order valence-electron chi connectivity index (χ1n) is 7.84. The van der Waals surface area contributed by atoms with E-state index in [2.05, 4.69) is 32.6 Å². The number of para-hydroxylation sites is 1. The van der Waals surface area contributed by atoms with Crippen molar-refractivity contribution < 1.29 is 4.74 Å². The first-order chi connectivity index (χ1) is 11.2. The van der Waals surface area contributed by atoms with Crippen LogP contribution >= 0.6 is 27.5 Å². The van der Waals surface area contributed by atoms with Crippen LogP contribution in [0.5, 0.6) is 11.5 Å². The zero-order valence-corrected chi connectivity index (χ0v) is 15.2. The molecule has 1 aliphatic rings. The van der Waals surface area contributed by atoms with Crippen LogP contribution in [0.1, 0.15) is 12.0 Å². The summed E-state index contributed by atoms with van der Waals surface area (Å²) in [5.41, 5.74) is 1.15. The molecule has 1 heterocycles. The SMILES string of the molecule is Clc1ccc(Oc2ccccc2CNCC2CCNC2)c(Br)c1. The molecule has 5 heteroatoms. The van der Waals surface area contributed by atoms with Crippen molar-refractivity contribution in [2.75, 3.05) is 19.6 Å². The smallest absolute Gasteiger partial charge is 0.141 e. The summed E-state index contributed by atoms with van der Waals surface area (Å²) in [6.07, 6.45) is 1.25. The summed E-state index contributed by atoms with van der Waals surface area (Å²) in [5, 5.41) is 7.62. The summed E-state index contributed by atoms with van der Waals surface area (Å²) in [6, 6.07) is 13.7. The molecule has 0 aliphatic carbocycles. The molecule has 1 fully saturated rings. The van der Waals surface area contributed by atoms with Crippen LogP contribution < -0.4 is 15.4 Å². The van der Waals surface area contributed by atoms with E-state index in [1.165, 1.54) is 6.42 Å².